The fraction of sp³-hybridized carbons (Fsp3) is 0.412. The molecular formula is C17H24ClN5. The lowest BCUT2D eigenvalue weighted by Gasteiger charge is -2.34. The molecule has 1 aliphatic heterocycles. The van der Waals surface area contributed by atoms with Crippen molar-refractivity contribution in [3.05, 3.63) is 42.1 Å². The third kappa shape index (κ3) is 4.19. The molecule has 1 aromatic heterocycles. The first-order valence-electron chi connectivity index (χ1n) is 7.91. The SMILES string of the molecule is CCN1CCN(c2nc(CN)cc(-c3ccccc3)n2)CC1.Cl. The number of likely N-dealkylation sites (N-methyl/N-ethyl adjacent to an activating group) is 1. The first kappa shape index (κ1) is 17.7. The lowest BCUT2D eigenvalue weighted by molar-refractivity contribution is 0.270. The van der Waals surface area contributed by atoms with Crippen LogP contribution < -0.4 is 10.6 Å². The van der Waals surface area contributed by atoms with E-state index in [1.807, 2.05) is 24.3 Å². The van der Waals surface area contributed by atoms with Crippen molar-refractivity contribution in [2.45, 2.75) is 13.5 Å². The van der Waals surface area contributed by atoms with E-state index in [1.165, 1.54) is 0 Å². The first-order chi connectivity index (χ1) is 10.8. The molecule has 2 N–H and O–H groups in total. The van der Waals surface area contributed by atoms with Crippen LogP contribution in [0.2, 0.25) is 0 Å². The third-order valence-electron chi connectivity index (χ3n) is 4.15. The Bertz CT molecular complexity index is 612. The van der Waals surface area contributed by atoms with Crippen LogP contribution in [0.4, 0.5) is 5.95 Å². The Morgan fingerprint density at radius 3 is 2.35 bits per heavy atom. The molecule has 0 aliphatic carbocycles. The predicted octanol–water partition coefficient (Wildman–Crippen LogP) is 2.17. The normalized spacial score (nSPS) is 15.3. The second-order valence-corrected chi connectivity index (χ2v) is 5.54. The summed E-state index contributed by atoms with van der Waals surface area (Å²) in [4.78, 5) is 14.1. The minimum absolute atomic E-state index is 0. The van der Waals surface area contributed by atoms with Crippen LogP contribution in [-0.2, 0) is 6.54 Å². The Labute approximate surface area is 143 Å². The van der Waals surface area contributed by atoms with Crippen LogP contribution in [0.25, 0.3) is 11.3 Å². The number of nitrogens with zero attached hydrogens (tertiary/aromatic N) is 4. The number of rotatable bonds is 4. The van der Waals surface area contributed by atoms with Gasteiger partial charge in [-0.2, -0.15) is 0 Å². The second kappa shape index (κ2) is 8.24. The Morgan fingerprint density at radius 1 is 1.04 bits per heavy atom. The number of halogens is 1. The van der Waals surface area contributed by atoms with E-state index in [4.69, 9.17) is 10.7 Å². The Kier molecular flexibility index (Phi) is 6.33. The van der Waals surface area contributed by atoms with Gasteiger partial charge in [-0.15, -0.1) is 12.4 Å². The predicted molar refractivity (Wildman–Crippen MR) is 96.9 cm³/mol. The number of hydrogen-bond donors (Lipinski definition) is 1. The van der Waals surface area contributed by atoms with Crippen molar-refractivity contribution in [1.82, 2.24) is 14.9 Å². The van der Waals surface area contributed by atoms with Gasteiger partial charge in [-0.3, -0.25) is 0 Å². The lowest BCUT2D eigenvalue weighted by Crippen LogP contribution is -2.46. The van der Waals surface area contributed by atoms with Crippen LogP contribution in [0.3, 0.4) is 0 Å². The monoisotopic (exact) mass is 333 g/mol. The highest BCUT2D eigenvalue weighted by Gasteiger charge is 2.19. The van der Waals surface area contributed by atoms with Gasteiger partial charge in [-0.25, -0.2) is 9.97 Å². The van der Waals surface area contributed by atoms with E-state index in [9.17, 15) is 0 Å². The molecule has 3 rings (SSSR count). The summed E-state index contributed by atoms with van der Waals surface area (Å²) in [5, 5.41) is 0. The summed E-state index contributed by atoms with van der Waals surface area (Å²) >= 11 is 0. The van der Waals surface area contributed by atoms with Gasteiger partial charge in [0.15, 0.2) is 0 Å². The van der Waals surface area contributed by atoms with Gasteiger partial charge in [0.25, 0.3) is 0 Å². The van der Waals surface area contributed by atoms with Gasteiger partial charge in [0, 0.05) is 38.3 Å². The maximum atomic E-state index is 5.82. The molecule has 1 fully saturated rings. The van der Waals surface area contributed by atoms with E-state index < -0.39 is 0 Å². The van der Waals surface area contributed by atoms with Crippen molar-refractivity contribution in [3.8, 4) is 11.3 Å². The van der Waals surface area contributed by atoms with E-state index in [2.05, 4.69) is 33.8 Å². The van der Waals surface area contributed by atoms with Crippen molar-refractivity contribution in [3.63, 3.8) is 0 Å². The number of benzene rings is 1. The fourth-order valence-corrected chi connectivity index (χ4v) is 2.75. The zero-order valence-electron chi connectivity index (χ0n) is 13.5. The van der Waals surface area contributed by atoms with Crippen molar-refractivity contribution < 1.29 is 0 Å². The molecule has 0 bridgehead atoms. The maximum Gasteiger partial charge on any atom is 0.226 e. The molecule has 0 spiro atoms. The van der Waals surface area contributed by atoms with Gasteiger partial charge >= 0.3 is 0 Å². The Hall–Kier alpha value is -1.69. The minimum atomic E-state index is 0. The van der Waals surface area contributed by atoms with Crippen molar-refractivity contribution >= 4 is 18.4 Å². The quantitative estimate of drug-likeness (QED) is 0.929. The van der Waals surface area contributed by atoms with Crippen LogP contribution >= 0.6 is 12.4 Å². The molecule has 0 unspecified atom stereocenters. The topological polar surface area (TPSA) is 58.3 Å². The highest BCUT2D eigenvalue weighted by atomic mass is 35.5. The molecule has 23 heavy (non-hydrogen) atoms. The van der Waals surface area contributed by atoms with E-state index in [0.29, 0.717) is 6.54 Å². The van der Waals surface area contributed by atoms with E-state index in [1.54, 1.807) is 0 Å². The molecule has 1 saturated heterocycles. The summed E-state index contributed by atoms with van der Waals surface area (Å²) in [6.45, 7) is 7.80. The van der Waals surface area contributed by atoms with Gasteiger partial charge < -0.3 is 15.5 Å². The van der Waals surface area contributed by atoms with Crippen LogP contribution in [0.15, 0.2) is 36.4 Å². The highest BCUT2D eigenvalue weighted by molar-refractivity contribution is 5.85. The Morgan fingerprint density at radius 2 is 1.74 bits per heavy atom. The van der Waals surface area contributed by atoms with Gasteiger partial charge in [0.05, 0.1) is 11.4 Å². The Balaban J connectivity index is 0.00000192. The standard InChI is InChI=1S/C17H23N5.ClH/c1-2-21-8-10-22(11-9-21)17-19-15(13-18)12-16(20-17)14-6-4-3-5-7-14;/h3-7,12H,2,8-11,13,18H2,1H3;1H. The van der Waals surface area contributed by atoms with E-state index in [0.717, 1.165) is 55.6 Å². The highest BCUT2D eigenvalue weighted by Crippen LogP contribution is 2.21. The van der Waals surface area contributed by atoms with Crippen LogP contribution in [0.5, 0.6) is 0 Å². The fourth-order valence-electron chi connectivity index (χ4n) is 2.75. The smallest absolute Gasteiger partial charge is 0.226 e. The summed E-state index contributed by atoms with van der Waals surface area (Å²) in [5.41, 5.74) is 8.77. The van der Waals surface area contributed by atoms with Gasteiger partial charge in [0.1, 0.15) is 0 Å². The summed E-state index contributed by atoms with van der Waals surface area (Å²) in [5.74, 6) is 0.803. The van der Waals surface area contributed by atoms with Gasteiger partial charge in [-0.05, 0) is 12.6 Å². The molecule has 6 heteroatoms. The summed E-state index contributed by atoms with van der Waals surface area (Å²) in [6.07, 6.45) is 0. The number of piperazine rings is 1. The molecule has 0 atom stereocenters. The van der Waals surface area contributed by atoms with Crippen molar-refractivity contribution in [2.24, 2.45) is 5.73 Å². The average Bonchev–Trinajstić information content (AvgIpc) is 2.62. The number of aromatic nitrogens is 2. The van der Waals surface area contributed by atoms with Crippen molar-refractivity contribution in [2.75, 3.05) is 37.6 Å². The number of hydrogen-bond acceptors (Lipinski definition) is 5. The van der Waals surface area contributed by atoms with Crippen LogP contribution in [-0.4, -0.2) is 47.6 Å². The van der Waals surface area contributed by atoms with Crippen LogP contribution in [0.1, 0.15) is 12.6 Å². The lowest BCUT2D eigenvalue weighted by atomic mass is 10.1. The summed E-state index contributed by atoms with van der Waals surface area (Å²) in [7, 11) is 0. The molecular weight excluding hydrogens is 310 g/mol. The summed E-state index contributed by atoms with van der Waals surface area (Å²) in [6, 6.07) is 12.2. The molecule has 2 aromatic rings. The molecule has 2 heterocycles. The zero-order chi connectivity index (χ0) is 15.4. The number of anilines is 1. The molecule has 5 nitrogen and oxygen atoms in total. The first-order valence-corrected chi connectivity index (χ1v) is 7.91. The second-order valence-electron chi connectivity index (χ2n) is 5.54. The molecule has 0 amide bonds. The molecule has 124 valence electrons. The third-order valence-corrected chi connectivity index (χ3v) is 4.15. The molecule has 1 aromatic carbocycles. The van der Waals surface area contributed by atoms with Crippen LogP contribution in [0, 0.1) is 0 Å². The maximum absolute atomic E-state index is 5.82. The average molecular weight is 334 g/mol. The van der Waals surface area contributed by atoms with E-state index >= 15 is 0 Å². The van der Waals surface area contributed by atoms with Gasteiger partial charge in [-0.1, -0.05) is 37.3 Å². The minimum Gasteiger partial charge on any atom is -0.338 e. The molecule has 0 radical (unpaired) electrons. The van der Waals surface area contributed by atoms with Crippen molar-refractivity contribution in [1.29, 1.82) is 0 Å². The molecule has 0 saturated carbocycles. The summed E-state index contributed by atoms with van der Waals surface area (Å²) < 4.78 is 0. The number of nitrogens with two attached hydrogens (primary N) is 1. The molecule has 1 aliphatic rings. The largest absolute Gasteiger partial charge is 0.338 e. The van der Waals surface area contributed by atoms with Gasteiger partial charge in [0.2, 0.25) is 5.95 Å². The zero-order valence-corrected chi connectivity index (χ0v) is 14.3. The van der Waals surface area contributed by atoms with E-state index in [-0.39, 0.29) is 12.4 Å².